The van der Waals surface area contributed by atoms with E-state index in [0.29, 0.717) is 23.9 Å². The third kappa shape index (κ3) is 2.30. The molecule has 0 aromatic rings. The molecule has 5 fully saturated rings. The molecule has 0 N–H and O–H groups in total. The molecule has 0 radical (unpaired) electrons. The van der Waals surface area contributed by atoms with Crippen molar-refractivity contribution in [2.75, 3.05) is 0 Å². The van der Waals surface area contributed by atoms with E-state index in [1.165, 1.54) is 19.3 Å². The first kappa shape index (κ1) is 17.5. The summed E-state index contributed by atoms with van der Waals surface area (Å²) in [6, 6.07) is 0. The van der Waals surface area contributed by atoms with Gasteiger partial charge < -0.3 is 14.2 Å². The number of fused-ring (bicyclic) bond motifs is 7. The van der Waals surface area contributed by atoms with Gasteiger partial charge in [0.25, 0.3) is 0 Å². The van der Waals surface area contributed by atoms with E-state index in [1.54, 1.807) is 0 Å². The van der Waals surface area contributed by atoms with Gasteiger partial charge in [0.2, 0.25) is 0 Å². The van der Waals surface area contributed by atoms with E-state index in [0.717, 1.165) is 38.0 Å². The summed E-state index contributed by atoms with van der Waals surface area (Å²) in [5.41, 5.74) is -0.177. The van der Waals surface area contributed by atoms with E-state index in [1.807, 2.05) is 0 Å². The van der Waals surface area contributed by atoms with Gasteiger partial charge in [0.15, 0.2) is 0 Å². The van der Waals surface area contributed by atoms with Crippen LogP contribution in [0.3, 0.4) is 0 Å². The second-order valence-electron chi connectivity index (χ2n) is 9.59. The number of esters is 1. The zero-order chi connectivity index (χ0) is 18.1. The lowest BCUT2D eigenvalue weighted by Crippen LogP contribution is -2.46. The summed E-state index contributed by atoms with van der Waals surface area (Å²) in [5.74, 6) is 2.21. The summed E-state index contributed by atoms with van der Waals surface area (Å²) in [6.07, 6.45) is 9.56. The minimum atomic E-state index is -0.177. The minimum Gasteiger partial charge on any atom is -0.458 e. The van der Waals surface area contributed by atoms with Gasteiger partial charge in [-0.1, -0.05) is 20.8 Å². The Bertz CT molecular complexity index is 576. The molecule has 3 heterocycles. The van der Waals surface area contributed by atoms with E-state index in [9.17, 15) is 4.79 Å². The minimum absolute atomic E-state index is 0.0199. The van der Waals surface area contributed by atoms with Crippen LogP contribution in [0.2, 0.25) is 0 Å². The first-order chi connectivity index (χ1) is 12.6. The SMILES string of the molecule is CCC1OC(CC)C2C3OC(CC3C(=O)OC3(CC)CC4CCC3C4)C12. The average molecular weight is 363 g/mol. The van der Waals surface area contributed by atoms with Crippen LogP contribution >= 0.6 is 0 Å². The number of ether oxygens (including phenoxy) is 3. The van der Waals surface area contributed by atoms with Crippen LogP contribution in [-0.4, -0.2) is 36.0 Å². The van der Waals surface area contributed by atoms with Crippen LogP contribution in [0.25, 0.3) is 0 Å². The topological polar surface area (TPSA) is 44.8 Å². The summed E-state index contributed by atoms with van der Waals surface area (Å²) in [5, 5.41) is 0. The molecular weight excluding hydrogens is 328 g/mol. The summed E-state index contributed by atoms with van der Waals surface area (Å²) < 4.78 is 19.0. The monoisotopic (exact) mass is 362 g/mol. The summed E-state index contributed by atoms with van der Waals surface area (Å²) in [7, 11) is 0. The summed E-state index contributed by atoms with van der Waals surface area (Å²) >= 11 is 0. The van der Waals surface area contributed by atoms with E-state index >= 15 is 0 Å². The van der Waals surface area contributed by atoms with Crippen molar-refractivity contribution in [3.63, 3.8) is 0 Å². The van der Waals surface area contributed by atoms with Gasteiger partial charge in [-0.25, -0.2) is 0 Å². The van der Waals surface area contributed by atoms with Crippen molar-refractivity contribution in [3.05, 3.63) is 0 Å². The van der Waals surface area contributed by atoms with E-state index in [-0.39, 0.29) is 35.8 Å². The fraction of sp³-hybridized carbons (Fsp3) is 0.955. The first-order valence-electron chi connectivity index (χ1n) is 11.1. The van der Waals surface area contributed by atoms with Gasteiger partial charge in [0, 0.05) is 11.8 Å². The molecule has 4 heteroatoms. The first-order valence-corrected chi connectivity index (χ1v) is 11.1. The summed E-state index contributed by atoms with van der Waals surface area (Å²) in [6.45, 7) is 6.60. The smallest absolute Gasteiger partial charge is 0.312 e. The number of carbonyl (C=O) groups is 1. The van der Waals surface area contributed by atoms with Gasteiger partial charge in [-0.05, 0) is 63.2 Å². The number of hydrogen-bond donors (Lipinski definition) is 0. The van der Waals surface area contributed by atoms with Crippen molar-refractivity contribution >= 4 is 5.97 Å². The Morgan fingerprint density at radius 2 is 1.81 bits per heavy atom. The lowest BCUT2D eigenvalue weighted by molar-refractivity contribution is -0.174. The maximum absolute atomic E-state index is 13.2. The molecule has 5 aliphatic rings. The van der Waals surface area contributed by atoms with Crippen LogP contribution in [0, 0.1) is 29.6 Å². The third-order valence-corrected chi connectivity index (χ3v) is 8.61. The Labute approximate surface area is 157 Å². The molecule has 2 saturated carbocycles. The molecule has 0 aromatic carbocycles. The molecule has 3 saturated heterocycles. The predicted molar refractivity (Wildman–Crippen MR) is 97.6 cm³/mol. The molecule has 0 amide bonds. The second-order valence-corrected chi connectivity index (χ2v) is 9.59. The molecule has 2 aliphatic carbocycles. The van der Waals surface area contributed by atoms with Crippen molar-refractivity contribution in [1.82, 2.24) is 0 Å². The Kier molecular flexibility index (Phi) is 4.17. The van der Waals surface area contributed by atoms with Crippen LogP contribution in [-0.2, 0) is 19.0 Å². The van der Waals surface area contributed by atoms with E-state index < -0.39 is 0 Å². The molecule has 5 rings (SSSR count). The fourth-order valence-electron chi connectivity index (χ4n) is 7.43. The molecule has 3 aliphatic heterocycles. The molecule has 146 valence electrons. The third-order valence-electron chi connectivity index (χ3n) is 8.61. The maximum atomic E-state index is 13.2. The largest absolute Gasteiger partial charge is 0.458 e. The second kappa shape index (κ2) is 6.20. The summed E-state index contributed by atoms with van der Waals surface area (Å²) in [4.78, 5) is 13.2. The van der Waals surface area contributed by atoms with Gasteiger partial charge >= 0.3 is 5.97 Å². The number of rotatable bonds is 5. The predicted octanol–water partition coefficient (Wildman–Crippen LogP) is 4.11. The molecule has 10 atom stereocenters. The van der Waals surface area contributed by atoms with Gasteiger partial charge in [-0.2, -0.15) is 0 Å². The Morgan fingerprint density at radius 1 is 1.04 bits per heavy atom. The molecule has 0 aromatic heterocycles. The molecule has 4 bridgehead atoms. The quantitative estimate of drug-likeness (QED) is 0.691. The van der Waals surface area contributed by atoms with Gasteiger partial charge in [0.1, 0.15) is 5.60 Å². The van der Waals surface area contributed by atoms with Crippen molar-refractivity contribution in [2.45, 2.75) is 102 Å². The van der Waals surface area contributed by atoms with Crippen LogP contribution in [0.15, 0.2) is 0 Å². The maximum Gasteiger partial charge on any atom is 0.312 e. The highest BCUT2D eigenvalue weighted by atomic mass is 16.6. The zero-order valence-electron chi connectivity index (χ0n) is 16.5. The Balaban J connectivity index is 1.32. The Morgan fingerprint density at radius 3 is 2.42 bits per heavy atom. The van der Waals surface area contributed by atoms with Crippen molar-refractivity contribution in [3.8, 4) is 0 Å². The van der Waals surface area contributed by atoms with Crippen LogP contribution in [0.5, 0.6) is 0 Å². The standard InChI is InChI=1S/C22H34O4/c1-4-15-18-17-10-14(20(25-17)19(18)16(5-2)24-15)21(23)26-22(6-3)11-12-7-8-13(22)9-12/h12-20H,4-11H2,1-3H3. The van der Waals surface area contributed by atoms with E-state index in [4.69, 9.17) is 14.2 Å². The lowest BCUT2D eigenvalue weighted by Gasteiger charge is -2.38. The van der Waals surface area contributed by atoms with Gasteiger partial charge in [-0.15, -0.1) is 0 Å². The normalized spacial score (nSPS) is 54.0. The lowest BCUT2D eigenvalue weighted by atomic mass is 9.70. The highest BCUT2D eigenvalue weighted by molar-refractivity contribution is 5.74. The molecule has 4 nitrogen and oxygen atoms in total. The highest BCUT2D eigenvalue weighted by Crippen LogP contribution is 2.57. The molecule has 0 spiro atoms. The van der Waals surface area contributed by atoms with Crippen LogP contribution < -0.4 is 0 Å². The average Bonchev–Trinajstić information content (AvgIpc) is 3.44. The molecule has 26 heavy (non-hydrogen) atoms. The van der Waals surface area contributed by atoms with Gasteiger partial charge in [-0.3, -0.25) is 4.79 Å². The van der Waals surface area contributed by atoms with Gasteiger partial charge in [0.05, 0.1) is 30.3 Å². The molecule has 10 unspecified atom stereocenters. The van der Waals surface area contributed by atoms with E-state index in [2.05, 4.69) is 20.8 Å². The zero-order valence-corrected chi connectivity index (χ0v) is 16.5. The van der Waals surface area contributed by atoms with Crippen molar-refractivity contribution in [2.24, 2.45) is 29.6 Å². The Hall–Kier alpha value is -0.610. The number of hydrogen-bond acceptors (Lipinski definition) is 4. The van der Waals surface area contributed by atoms with Crippen molar-refractivity contribution in [1.29, 1.82) is 0 Å². The van der Waals surface area contributed by atoms with Crippen LogP contribution in [0.1, 0.15) is 72.1 Å². The van der Waals surface area contributed by atoms with Crippen molar-refractivity contribution < 1.29 is 19.0 Å². The van der Waals surface area contributed by atoms with Crippen LogP contribution in [0.4, 0.5) is 0 Å². The molecular formula is C22H34O4. The fourth-order valence-corrected chi connectivity index (χ4v) is 7.43. The number of carbonyl (C=O) groups excluding carboxylic acids is 1. The highest BCUT2D eigenvalue weighted by Gasteiger charge is 2.64.